The number of nitrogens with zero attached hydrogens (tertiary/aromatic N) is 1. The molecule has 4 rings (SSSR count). The van der Waals surface area contributed by atoms with Crippen LogP contribution < -0.4 is 19.5 Å². The van der Waals surface area contributed by atoms with Gasteiger partial charge in [-0.25, -0.2) is 0 Å². The summed E-state index contributed by atoms with van der Waals surface area (Å²) in [5.74, 6) is 0.856. The van der Waals surface area contributed by atoms with Crippen molar-refractivity contribution in [2.75, 3.05) is 11.9 Å². The summed E-state index contributed by atoms with van der Waals surface area (Å²) < 4.78 is 18.5. The van der Waals surface area contributed by atoms with Crippen LogP contribution in [0.15, 0.2) is 95.0 Å². The largest absolute Gasteiger partial charge is 0.490 e. The van der Waals surface area contributed by atoms with Crippen molar-refractivity contribution in [2.24, 2.45) is 0 Å². The number of carbonyl (C=O) groups excluding carboxylic acids is 1. The predicted molar refractivity (Wildman–Crippen MR) is 166 cm³/mol. The normalized spacial score (nSPS) is 11.0. The van der Waals surface area contributed by atoms with Crippen LogP contribution in [0.3, 0.4) is 0 Å². The van der Waals surface area contributed by atoms with E-state index in [1.807, 2.05) is 49.4 Å². The first-order chi connectivity index (χ1) is 19.8. The van der Waals surface area contributed by atoms with E-state index < -0.39 is 5.91 Å². The molecule has 0 radical (unpaired) electrons. The number of nitriles is 1. The van der Waals surface area contributed by atoms with E-state index in [0.29, 0.717) is 46.7 Å². The molecule has 0 spiro atoms. The van der Waals surface area contributed by atoms with Crippen LogP contribution in [0.25, 0.3) is 6.08 Å². The smallest absolute Gasteiger partial charge is 0.266 e. The molecule has 0 aliphatic rings. The maximum Gasteiger partial charge on any atom is 0.266 e. The van der Waals surface area contributed by atoms with E-state index in [9.17, 15) is 10.1 Å². The first-order valence-electron chi connectivity index (χ1n) is 12.6. The van der Waals surface area contributed by atoms with Gasteiger partial charge in [0, 0.05) is 15.2 Å². The fourth-order valence-electron chi connectivity index (χ4n) is 3.71. The Hall–Kier alpha value is -3.96. The lowest BCUT2D eigenvalue weighted by Crippen LogP contribution is -2.13. The highest BCUT2D eigenvalue weighted by Crippen LogP contribution is 2.38. The maximum atomic E-state index is 12.9. The van der Waals surface area contributed by atoms with Gasteiger partial charge in [0.1, 0.15) is 30.6 Å². The number of carbonyl (C=O) groups is 1. The average Bonchev–Trinajstić information content (AvgIpc) is 2.97. The first kappa shape index (κ1) is 30.0. The van der Waals surface area contributed by atoms with Crippen LogP contribution in [0.4, 0.5) is 5.69 Å². The molecule has 1 amide bonds. The fourth-order valence-corrected chi connectivity index (χ4v) is 4.37. The van der Waals surface area contributed by atoms with Gasteiger partial charge < -0.3 is 19.5 Å². The molecule has 0 bridgehead atoms. The monoisotopic (exact) mass is 650 g/mol. The van der Waals surface area contributed by atoms with Gasteiger partial charge in [-0.3, -0.25) is 4.79 Å². The predicted octanol–water partition coefficient (Wildman–Crippen LogP) is 8.86. The zero-order valence-electron chi connectivity index (χ0n) is 22.0. The highest BCUT2D eigenvalue weighted by atomic mass is 79.9. The van der Waals surface area contributed by atoms with Crippen molar-refractivity contribution in [1.29, 1.82) is 5.26 Å². The molecule has 0 aromatic heterocycles. The molecule has 9 heteroatoms. The van der Waals surface area contributed by atoms with Crippen molar-refractivity contribution in [3.05, 3.63) is 122 Å². The van der Waals surface area contributed by atoms with Crippen molar-refractivity contribution in [3.63, 3.8) is 0 Å². The molecule has 0 fully saturated rings. The van der Waals surface area contributed by atoms with Gasteiger partial charge in [-0.05, 0) is 90.4 Å². The summed E-state index contributed by atoms with van der Waals surface area (Å²) in [5, 5.41) is 13.4. The molecule has 0 atom stereocenters. The highest BCUT2D eigenvalue weighted by molar-refractivity contribution is 9.10. The molecular weight excluding hydrogens is 627 g/mol. The van der Waals surface area contributed by atoms with Gasteiger partial charge in [0.15, 0.2) is 11.5 Å². The van der Waals surface area contributed by atoms with E-state index in [1.54, 1.807) is 48.5 Å². The molecule has 208 valence electrons. The number of anilines is 1. The molecule has 0 aliphatic carbocycles. The summed E-state index contributed by atoms with van der Waals surface area (Å²) in [7, 11) is 0. The Morgan fingerprint density at radius 1 is 0.902 bits per heavy atom. The molecule has 0 saturated carbocycles. The Morgan fingerprint density at radius 3 is 2.17 bits per heavy atom. The Balaban J connectivity index is 1.43. The van der Waals surface area contributed by atoms with Gasteiger partial charge in [0.05, 0.1) is 11.6 Å². The average molecular weight is 652 g/mol. The first-order valence-corrected chi connectivity index (χ1v) is 14.1. The van der Waals surface area contributed by atoms with Gasteiger partial charge in [-0.15, -0.1) is 0 Å². The van der Waals surface area contributed by atoms with Crippen molar-refractivity contribution in [3.8, 4) is 23.3 Å². The van der Waals surface area contributed by atoms with E-state index in [-0.39, 0.29) is 17.2 Å². The number of rotatable bonds is 11. The number of ether oxygens (including phenoxy) is 3. The molecule has 41 heavy (non-hydrogen) atoms. The summed E-state index contributed by atoms with van der Waals surface area (Å²) in [4.78, 5) is 12.9. The molecule has 0 heterocycles. The molecule has 4 aromatic carbocycles. The molecule has 1 N–H and O–H groups in total. The molecule has 0 aliphatic heterocycles. The zero-order chi connectivity index (χ0) is 29.2. The highest BCUT2D eigenvalue weighted by Gasteiger charge is 2.15. The van der Waals surface area contributed by atoms with E-state index >= 15 is 0 Å². The number of hydrogen-bond donors (Lipinski definition) is 1. The van der Waals surface area contributed by atoms with Crippen molar-refractivity contribution < 1.29 is 19.0 Å². The van der Waals surface area contributed by atoms with Crippen molar-refractivity contribution >= 4 is 56.8 Å². The van der Waals surface area contributed by atoms with E-state index in [1.165, 1.54) is 6.08 Å². The van der Waals surface area contributed by atoms with Gasteiger partial charge in [0.25, 0.3) is 5.91 Å². The van der Waals surface area contributed by atoms with Crippen LogP contribution >= 0.6 is 39.1 Å². The third-order valence-electron chi connectivity index (χ3n) is 5.74. The summed E-state index contributed by atoms with van der Waals surface area (Å²) in [6.45, 7) is 2.88. The van der Waals surface area contributed by atoms with Crippen LogP contribution in [0.5, 0.6) is 17.2 Å². The second kappa shape index (κ2) is 14.6. The van der Waals surface area contributed by atoms with E-state index in [0.717, 1.165) is 15.6 Å². The zero-order valence-corrected chi connectivity index (χ0v) is 25.1. The molecule has 4 aromatic rings. The standard InChI is InChI=1S/C32H25BrCl2N2O4/c1-2-39-30-17-23(16-29(35)31(30)41-20-22-5-9-26(34)10-6-22)15-24(18-36)32(38)37-27-11-13-28(14-12-27)40-19-21-3-7-25(33)8-4-21/h3-17H,2,19-20H2,1H3,(H,37,38)/b24-15+. The summed E-state index contributed by atoms with van der Waals surface area (Å²) in [5.41, 5.74) is 2.87. The van der Waals surface area contributed by atoms with Gasteiger partial charge in [-0.1, -0.05) is 63.4 Å². The van der Waals surface area contributed by atoms with Crippen molar-refractivity contribution in [2.45, 2.75) is 20.1 Å². The fraction of sp³-hybridized carbons (Fsp3) is 0.125. The van der Waals surface area contributed by atoms with Gasteiger partial charge >= 0.3 is 0 Å². The lowest BCUT2D eigenvalue weighted by Gasteiger charge is -2.15. The number of hydrogen-bond acceptors (Lipinski definition) is 5. The van der Waals surface area contributed by atoms with Crippen LogP contribution in [-0.2, 0) is 18.0 Å². The minimum Gasteiger partial charge on any atom is -0.490 e. The van der Waals surface area contributed by atoms with Gasteiger partial charge in [-0.2, -0.15) is 5.26 Å². The molecule has 0 unspecified atom stereocenters. The van der Waals surface area contributed by atoms with Gasteiger partial charge in [0.2, 0.25) is 0 Å². The SMILES string of the molecule is CCOc1cc(/C=C(\C#N)C(=O)Nc2ccc(OCc3ccc(Br)cc3)cc2)cc(Cl)c1OCc1ccc(Cl)cc1. The Kier molecular flexibility index (Phi) is 10.7. The summed E-state index contributed by atoms with van der Waals surface area (Å²) in [6.07, 6.45) is 1.45. The van der Waals surface area contributed by atoms with E-state index in [4.69, 9.17) is 37.4 Å². The quantitative estimate of drug-likeness (QED) is 0.129. The lowest BCUT2D eigenvalue weighted by atomic mass is 10.1. The topological polar surface area (TPSA) is 80.6 Å². The minimum absolute atomic E-state index is 0.103. The van der Waals surface area contributed by atoms with Crippen LogP contribution in [0, 0.1) is 11.3 Å². The molecule has 0 saturated heterocycles. The number of nitrogens with one attached hydrogen (secondary N) is 1. The third kappa shape index (κ3) is 8.76. The number of amides is 1. The third-order valence-corrected chi connectivity index (χ3v) is 6.80. The van der Waals surface area contributed by atoms with Crippen molar-refractivity contribution in [1.82, 2.24) is 0 Å². The maximum absolute atomic E-state index is 12.9. The molecule has 6 nitrogen and oxygen atoms in total. The van der Waals surface area contributed by atoms with Crippen LogP contribution in [0.2, 0.25) is 10.0 Å². The van der Waals surface area contributed by atoms with E-state index in [2.05, 4.69) is 21.2 Å². The number of benzene rings is 4. The summed E-state index contributed by atoms with van der Waals surface area (Å²) in [6, 6.07) is 27.3. The Morgan fingerprint density at radius 2 is 1.54 bits per heavy atom. The lowest BCUT2D eigenvalue weighted by molar-refractivity contribution is -0.112. The van der Waals surface area contributed by atoms with Crippen LogP contribution in [-0.4, -0.2) is 12.5 Å². The van der Waals surface area contributed by atoms with Crippen LogP contribution in [0.1, 0.15) is 23.6 Å². The Bertz CT molecular complexity index is 1570. The second-order valence-corrected chi connectivity index (χ2v) is 10.5. The summed E-state index contributed by atoms with van der Waals surface area (Å²) >= 11 is 15.9. The Labute approximate surface area is 257 Å². The number of halogens is 3. The minimum atomic E-state index is -0.562. The molecular formula is C32H25BrCl2N2O4. The second-order valence-electron chi connectivity index (χ2n) is 8.74.